The molecule has 0 unspecified atom stereocenters. The fraction of sp³-hybridized carbons (Fsp3) is 0.200. The van der Waals surface area contributed by atoms with Crippen LogP contribution in [0.4, 0.5) is 5.13 Å². The van der Waals surface area contributed by atoms with E-state index in [4.69, 9.17) is 0 Å². The van der Waals surface area contributed by atoms with Gasteiger partial charge in [0.05, 0.1) is 0 Å². The Kier molecular flexibility index (Phi) is 6.27. The summed E-state index contributed by atoms with van der Waals surface area (Å²) in [6.07, 6.45) is 1.17. The van der Waals surface area contributed by atoms with Crippen LogP contribution in [-0.2, 0) is 17.8 Å². The standard InChI is InChI=1S/C20H20N4O2S/c1-14-23-24-20(27-14)22-19(26)17-10-7-16(8-11-17)13-21-18(25)12-9-15-5-3-2-4-6-15/h2-8,10-11H,9,12-13H2,1H3,(H,21,25)(H,22,24,26). The summed E-state index contributed by atoms with van der Waals surface area (Å²) in [6.45, 7) is 2.27. The minimum Gasteiger partial charge on any atom is -0.352 e. The first-order valence-electron chi connectivity index (χ1n) is 8.61. The molecule has 3 aromatic rings. The third-order valence-corrected chi connectivity index (χ3v) is 4.69. The van der Waals surface area contributed by atoms with Crippen molar-refractivity contribution in [3.05, 3.63) is 76.3 Å². The van der Waals surface area contributed by atoms with E-state index in [1.165, 1.54) is 11.3 Å². The first-order valence-corrected chi connectivity index (χ1v) is 9.43. The number of carbonyl (C=O) groups excluding carboxylic acids is 2. The zero-order chi connectivity index (χ0) is 19.1. The van der Waals surface area contributed by atoms with E-state index in [-0.39, 0.29) is 11.8 Å². The number of aryl methyl sites for hydroxylation is 2. The van der Waals surface area contributed by atoms with Gasteiger partial charge in [0.25, 0.3) is 5.91 Å². The fourth-order valence-electron chi connectivity index (χ4n) is 2.48. The second-order valence-electron chi connectivity index (χ2n) is 6.04. The van der Waals surface area contributed by atoms with Crippen LogP contribution >= 0.6 is 11.3 Å². The molecule has 0 bridgehead atoms. The van der Waals surface area contributed by atoms with Crippen molar-refractivity contribution in [2.75, 3.05) is 5.32 Å². The van der Waals surface area contributed by atoms with Crippen LogP contribution in [-0.4, -0.2) is 22.0 Å². The number of rotatable bonds is 7. The average molecular weight is 380 g/mol. The number of nitrogens with zero attached hydrogens (tertiary/aromatic N) is 2. The monoisotopic (exact) mass is 380 g/mol. The van der Waals surface area contributed by atoms with Gasteiger partial charge in [-0.1, -0.05) is 53.8 Å². The summed E-state index contributed by atoms with van der Waals surface area (Å²) in [5.74, 6) is -0.225. The van der Waals surface area contributed by atoms with Crippen molar-refractivity contribution in [2.45, 2.75) is 26.3 Å². The number of benzene rings is 2. The largest absolute Gasteiger partial charge is 0.352 e. The normalized spacial score (nSPS) is 10.4. The van der Waals surface area contributed by atoms with E-state index in [2.05, 4.69) is 20.8 Å². The molecule has 0 atom stereocenters. The minimum absolute atomic E-state index is 0.00677. The molecule has 0 fully saturated rings. The maximum atomic E-state index is 12.2. The van der Waals surface area contributed by atoms with Gasteiger partial charge in [-0.3, -0.25) is 14.9 Å². The van der Waals surface area contributed by atoms with Crippen LogP contribution in [0.2, 0.25) is 0 Å². The summed E-state index contributed by atoms with van der Waals surface area (Å²) >= 11 is 1.33. The van der Waals surface area contributed by atoms with E-state index in [1.54, 1.807) is 12.1 Å². The number of aromatic nitrogens is 2. The first-order chi connectivity index (χ1) is 13.1. The van der Waals surface area contributed by atoms with Crippen LogP contribution in [0, 0.1) is 6.92 Å². The van der Waals surface area contributed by atoms with Crippen LogP contribution in [0.5, 0.6) is 0 Å². The minimum atomic E-state index is -0.232. The quantitative estimate of drug-likeness (QED) is 0.658. The van der Waals surface area contributed by atoms with Crippen molar-refractivity contribution in [2.24, 2.45) is 0 Å². The Hall–Kier alpha value is -3.06. The smallest absolute Gasteiger partial charge is 0.257 e. The predicted molar refractivity (Wildman–Crippen MR) is 106 cm³/mol. The summed E-state index contributed by atoms with van der Waals surface area (Å²) in [5.41, 5.74) is 2.61. The molecule has 0 saturated heterocycles. The lowest BCUT2D eigenvalue weighted by Gasteiger charge is -2.07. The van der Waals surface area contributed by atoms with Crippen molar-refractivity contribution in [3.8, 4) is 0 Å². The molecule has 3 rings (SSSR count). The Balaban J connectivity index is 1.45. The van der Waals surface area contributed by atoms with E-state index >= 15 is 0 Å². The van der Waals surface area contributed by atoms with Gasteiger partial charge in [-0.25, -0.2) is 0 Å². The van der Waals surface area contributed by atoms with Crippen LogP contribution < -0.4 is 10.6 Å². The predicted octanol–water partition coefficient (Wildman–Crippen LogP) is 3.35. The Labute approximate surface area is 161 Å². The highest BCUT2D eigenvalue weighted by Gasteiger charge is 2.09. The Morgan fingerprint density at radius 1 is 0.963 bits per heavy atom. The number of hydrogen-bond donors (Lipinski definition) is 2. The molecule has 0 aliphatic carbocycles. The molecular weight excluding hydrogens is 360 g/mol. The molecular formula is C20H20N4O2S. The van der Waals surface area contributed by atoms with Gasteiger partial charge >= 0.3 is 0 Å². The van der Waals surface area contributed by atoms with Crippen molar-refractivity contribution in [1.82, 2.24) is 15.5 Å². The van der Waals surface area contributed by atoms with Crippen molar-refractivity contribution < 1.29 is 9.59 Å². The van der Waals surface area contributed by atoms with Gasteiger partial charge in [0.15, 0.2) is 0 Å². The summed E-state index contributed by atoms with van der Waals surface area (Å²) < 4.78 is 0. The van der Waals surface area contributed by atoms with Crippen molar-refractivity contribution in [3.63, 3.8) is 0 Å². The Morgan fingerprint density at radius 3 is 2.37 bits per heavy atom. The van der Waals surface area contributed by atoms with Gasteiger partial charge in [0, 0.05) is 18.5 Å². The van der Waals surface area contributed by atoms with Crippen LogP contribution in [0.15, 0.2) is 54.6 Å². The SMILES string of the molecule is Cc1nnc(NC(=O)c2ccc(CNC(=O)CCc3ccccc3)cc2)s1. The van der Waals surface area contributed by atoms with Crippen LogP contribution in [0.3, 0.4) is 0 Å². The van der Waals surface area contributed by atoms with E-state index in [9.17, 15) is 9.59 Å². The molecule has 2 amide bonds. The molecule has 0 radical (unpaired) electrons. The lowest BCUT2D eigenvalue weighted by molar-refractivity contribution is -0.121. The van der Waals surface area contributed by atoms with E-state index < -0.39 is 0 Å². The lowest BCUT2D eigenvalue weighted by Crippen LogP contribution is -2.23. The molecule has 0 saturated carbocycles. The molecule has 27 heavy (non-hydrogen) atoms. The molecule has 6 nitrogen and oxygen atoms in total. The second kappa shape index (κ2) is 9.05. The summed E-state index contributed by atoms with van der Waals surface area (Å²) in [7, 11) is 0. The number of anilines is 1. The zero-order valence-electron chi connectivity index (χ0n) is 14.9. The summed E-state index contributed by atoms with van der Waals surface area (Å²) in [5, 5.41) is 14.6. The summed E-state index contributed by atoms with van der Waals surface area (Å²) in [6, 6.07) is 17.1. The molecule has 0 aliphatic rings. The molecule has 1 heterocycles. The third kappa shape index (κ3) is 5.72. The third-order valence-electron chi connectivity index (χ3n) is 3.94. The summed E-state index contributed by atoms with van der Waals surface area (Å²) in [4.78, 5) is 24.2. The lowest BCUT2D eigenvalue weighted by atomic mass is 10.1. The van der Waals surface area contributed by atoms with Gasteiger partial charge in [-0.2, -0.15) is 0 Å². The highest BCUT2D eigenvalue weighted by Crippen LogP contribution is 2.15. The van der Waals surface area contributed by atoms with Gasteiger partial charge in [0.1, 0.15) is 5.01 Å². The molecule has 2 aromatic carbocycles. The van der Waals surface area contributed by atoms with Gasteiger partial charge in [-0.05, 0) is 36.6 Å². The van der Waals surface area contributed by atoms with Crippen LogP contribution in [0.25, 0.3) is 0 Å². The zero-order valence-corrected chi connectivity index (χ0v) is 15.8. The Bertz CT molecular complexity index is 907. The van der Waals surface area contributed by atoms with Gasteiger partial charge in [0.2, 0.25) is 11.0 Å². The van der Waals surface area contributed by atoms with Crippen molar-refractivity contribution in [1.29, 1.82) is 0 Å². The number of nitrogens with one attached hydrogen (secondary N) is 2. The van der Waals surface area contributed by atoms with Gasteiger partial charge < -0.3 is 5.32 Å². The van der Waals surface area contributed by atoms with Crippen molar-refractivity contribution >= 4 is 28.3 Å². The highest BCUT2D eigenvalue weighted by atomic mass is 32.1. The molecule has 2 N–H and O–H groups in total. The maximum Gasteiger partial charge on any atom is 0.257 e. The van der Waals surface area contributed by atoms with Gasteiger partial charge in [-0.15, -0.1) is 10.2 Å². The maximum absolute atomic E-state index is 12.2. The van der Waals surface area contributed by atoms with E-state index in [0.717, 1.165) is 22.6 Å². The number of hydrogen-bond acceptors (Lipinski definition) is 5. The molecule has 1 aromatic heterocycles. The molecule has 0 spiro atoms. The molecule has 7 heteroatoms. The molecule has 0 aliphatic heterocycles. The fourth-order valence-corrected chi connectivity index (χ4v) is 3.07. The second-order valence-corrected chi connectivity index (χ2v) is 7.22. The average Bonchev–Trinajstić information content (AvgIpc) is 3.10. The highest BCUT2D eigenvalue weighted by molar-refractivity contribution is 7.15. The molecule has 138 valence electrons. The topological polar surface area (TPSA) is 84.0 Å². The first kappa shape index (κ1) is 18.7. The number of carbonyl (C=O) groups is 2. The number of amides is 2. The van der Waals surface area contributed by atoms with E-state index in [1.807, 2.05) is 49.4 Å². The Morgan fingerprint density at radius 2 is 1.70 bits per heavy atom. The van der Waals surface area contributed by atoms with Crippen LogP contribution in [0.1, 0.15) is 32.9 Å². The van der Waals surface area contributed by atoms with E-state index in [0.29, 0.717) is 23.7 Å².